The molecule has 1 rings (SSSR count). The van der Waals surface area contributed by atoms with Crippen LogP contribution in [0, 0.1) is 0 Å². The molecule has 0 aliphatic rings. The summed E-state index contributed by atoms with van der Waals surface area (Å²) in [7, 11) is 0. The summed E-state index contributed by atoms with van der Waals surface area (Å²) in [6.07, 6.45) is 5.42. The molecule has 0 saturated heterocycles. The Kier molecular flexibility index (Phi) is 5.73. The molecule has 0 aliphatic heterocycles. The number of rotatable bonds is 8. The predicted molar refractivity (Wildman–Crippen MR) is 78.5 cm³/mol. The molecule has 0 N–H and O–H groups in total. The fraction of sp³-hybridized carbons (Fsp3) is 0.733. The van der Waals surface area contributed by atoms with E-state index in [2.05, 4.69) is 37.6 Å². The van der Waals surface area contributed by atoms with Crippen molar-refractivity contribution in [1.29, 1.82) is 0 Å². The smallest absolute Gasteiger partial charge is 0.218 e. The van der Waals surface area contributed by atoms with Crippen LogP contribution in [0.4, 0.5) is 0 Å². The van der Waals surface area contributed by atoms with Gasteiger partial charge in [-0.1, -0.05) is 27.7 Å². The van der Waals surface area contributed by atoms with E-state index in [1.807, 2.05) is 17.7 Å². The zero-order chi connectivity index (χ0) is 14.5. The summed E-state index contributed by atoms with van der Waals surface area (Å²) in [5.74, 6) is 0.732. The molecule has 1 aromatic heterocycles. The van der Waals surface area contributed by atoms with Crippen molar-refractivity contribution < 1.29 is 4.79 Å². The number of hydrogen-bond donors (Lipinski definition) is 0. The van der Waals surface area contributed by atoms with Gasteiger partial charge < -0.3 is 4.57 Å². The molecule has 19 heavy (non-hydrogen) atoms. The highest BCUT2D eigenvalue weighted by molar-refractivity contribution is 6.00. The molecule has 1 aromatic rings. The van der Waals surface area contributed by atoms with E-state index >= 15 is 0 Å². The molecule has 0 spiro atoms. The first kappa shape index (κ1) is 15.9. The third-order valence-corrected chi connectivity index (χ3v) is 4.02. The first-order valence-electron chi connectivity index (χ1n) is 7.36. The molecule has 0 amide bonds. The molecule has 0 aromatic carbocycles. The molecule has 1 heterocycles. The second kappa shape index (κ2) is 6.85. The summed E-state index contributed by atoms with van der Waals surface area (Å²) >= 11 is 0. The number of aryl methyl sites for hydroxylation is 1. The average molecular weight is 265 g/mol. The number of likely N-dealkylation sites (N-methyl/N-ethyl adjacent to an activating group) is 1. The number of aromatic nitrogens is 2. The van der Waals surface area contributed by atoms with Gasteiger partial charge in [0.15, 0.2) is 5.82 Å². The van der Waals surface area contributed by atoms with E-state index in [0.717, 1.165) is 32.5 Å². The standard InChI is InChI=1S/C15H27N3O/c1-6-11-17-12-10-16-14(17)13(19)15(5,7-2)18(8-3)9-4/h10,12H,6-9,11H2,1-5H3. The Hall–Kier alpha value is -1.16. The zero-order valence-electron chi connectivity index (χ0n) is 12.9. The lowest BCUT2D eigenvalue weighted by Crippen LogP contribution is -2.52. The Morgan fingerprint density at radius 3 is 2.42 bits per heavy atom. The van der Waals surface area contributed by atoms with Gasteiger partial charge in [-0.3, -0.25) is 9.69 Å². The lowest BCUT2D eigenvalue weighted by molar-refractivity contribution is 0.0591. The maximum Gasteiger partial charge on any atom is 0.218 e. The largest absolute Gasteiger partial charge is 0.328 e. The molecule has 1 unspecified atom stereocenters. The third kappa shape index (κ3) is 3.06. The van der Waals surface area contributed by atoms with Gasteiger partial charge in [0.2, 0.25) is 5.78 Å². The fourth-order valence-corrected chi connectivity index (χ4v) is 2.63. The van der Waals surface area contributed by atoms with Crippen molar-refractivity contribution in [3.05, 3.63) is 18.2 Å². The second-order valence-corrected chi connectivity index (χ2v) is 5.07. The van der Waals surface area contributed by atoms with Gasteiger partial charge >= 0.3 is 0 Å². The lowest BCUT2D eigenvalue weighted by atomic mass is 9.90. The van der Waals surface area contributed by atoms with E-state index in [1.54, 1.807) is 6.20 Å². The van der Waals surface area contributed by atoms with Gasteiger partial charge in [-0.05, 0) is 32.9 Å². The van der Waals surface area contributed by atoms with Crippen LogP contribution in [0.25, 0.3) is 0 Å². The molecule has 0 saturated carbocycles. The minimum absolute atomic E-state index is 0.136. The number of nitrogens with zero attached hydrogens (tertiary/aromatic N) is 3. The molecule has 0 fully saturated rings. The summed E-state index contributed by atoms with van der Waals surface area (Å²) in [6.45, 7) is 13.0. The van der Waals surface area contributed by atoms with Crippen molar-refractivity contribution in [2.45, 2.75) is 59.5 Å². The summed E-state index contributed by atoms with van der Waals surface area (Å²) < 4.78 is 1.97. The summed E-state index contributed by atoms with van der Waals surface area (Å²) in [4.78, 5) is 19.4. The number of imidazole rings is 1. The zero-order valence-corrected chi connectivity index (χ0v) is 12.9. The molecule has 1 atom stereocenters. The van der Waals surface area contributed by atoms with Crippen LogP contribution in [-0.4, -0.2) is 38.9 Å². The third-order valence-electron chi connectivity index (χ3n) is 4.02. The molecular formula is C15H27N3O. The van der Waals surface area contributed by atoms with Crippen LogP contribution in [0.15, 0.2) is 12.4 Å². The van der Waals surface area contributed by atoms with Crippen LogP contribution in [0.5, 0.6) is 0 Å². The number of carbonyl (C=O) groups is 1. The number of ketones is 1. The Balaban J connectivity index is 3.10. The molecule has 0 bridgehead atoms. The Morgan fingerprint density at radius 2 is 1.95 bits per heavy atom. The Morgan fingerprint density at radius 1 is 1.32 bits per heavy atom. The second-order valence-electron chi connectivity index (χ2n) is 5.07. The highest BCUT2D eigenvalue weighted by atomic mass is 16.1. The van der Waals surface area contributed by atoms with E-state index in [-0.39, 0.29) is 5.78 Å². The number of Topliss-reactive ketones (excluding diaryl/α,β-unsaturated/α-hetero) is 1. The molecule has 108 valence electrons. The van der Waals surface area contributed by atoms with E-state index in [4.69, 9.17) is 0 Å². The molecule has 0 aliphatic carbocycles. The van der Waals surface area contributed by atoms with Crippen molar-refractivity contribution in [1.82, 2.24) is 14.5 Å². The maximum atomic E-state index is 12.9. The number of carbonyl (C=O) groups excluding carboxylic acids is 1. The van der Waals surface area contributed by atoms with Gasteiger partial charge in [0.05, 0.1) is 5.54 Å². The van der Waals surface area contributed by atoms with Crippen LogP contribution in [0.2, 0.25) is 0 Å². The minimum Gasteiger partial charge on any atom is -0.328 e. The Bertz CT molecular complexity index is 409. The van der Waals surface area contributed by atoms with Crippen molar-refractivity contribution >= 4 is 5.78 Å². The number of hydrogen-bond acceptors (Lipinski definition) is 3. The summed E-state index contributed by atoms with van der Waals surface area (Å²) in [5.41, 5.74) is -0.458. The van der Waals surface area contributed by atoms with E-state index < -0.39 is 5.54 Å². The first-order valence-corrected chi connectivity index (χ1v) is 7.36. The first-order chi connectivity index (χ1) is 9.04. The van der Waals surface area contributed by atoms with Crippen LogP contribution in [-0.2, 0) is 6.54 Å². The molecule has 4 nitrogen and oxygen atoms in total. The Labute approximate surface area is 116 Å². The van der Waals surface area contributed by atoms with Crippen LogP contribution in [0.1, 0.15) is 58.1 Å². The molecule has 0 radical (unpaired) electrons. The molecule has 4 heteroatoms. The monoisotopic (exact) mass is 265 g/mol. The van der Waals surface area contributed by atoms with Gasteiger partial charge in [0.25, 0.3) is 0 Å². The van der Waals surface area contributed by atoms with E-state index in [0.29, 0.717) is 5.82 Å². The van der Waals surface area contributed by atoms with Gasteiger partial charge in [0.1, 0.15) is 0 Å². The SMILES string of the molecule is CCCn1ccnc1C(=O)C(C)(CC)N(CC)CC. The van der Waals surface area contributed by atoms with Crippen LogP contribution >= 0.6 is 0 Å². The average Bonchev–Trinajstić information content (AvgIpc) is 2.87. The predicted octanol–water partition coefficient (Wildman–Crippen LogP) is 2.99. The molecular weight excluding hydrogens is 238 g/mol. The van der Waals surface area contributed by atoms with Gasteiger partial charge in [-0.25, -0.2) is 4.98 Å². The van der Waals surface area contributed by atoms with Crippen LogP contribution < -0.4 is 0 Å². The highest BCUT2D eigenvalue weighted by Crippen LogP contribution is 2.24. The topological polar surface area (TPSA) is 38.1 Å². The highest BCUT2D eigenvalue weighted by Gasteiger charge is 2.38. The fourth-order valence-electron chi connectivity index (χ4n) is 2.63. The van der Waals surface area contributed by atoms with Crippen LogP contribution in [0.3, 0.4) is 0 Å². The van der Waals surface area contributed by atoms with Gasteiger partial charge in [-0.15, -0.1) is 0 Å². The van der Waals surface area contributed by atoms with Crippen molar-refractivity contribution in [2.24, 2.45) is 0 Å². The van der Waals surface area contributed by atoms with E-state index in [9.17, 15) is 4.79 Å². The summed E-state index contributed by atoms with van der Waals surface area (Å²) in [6, 6.07) is 0. The van der Waals surface area contributed by atoms with Crippen molar-refractivity contribution in [3.8, 4) is 0 Å². The summed E-state index contributed by atoms with van der Waals surface area (Å²) in [5, 5.41) is 0. The minimum atomic E-state index is -0.458. The quantitative estimate of drug-likeness (QED) is 0.678. The van der Waals surface area contributed by atoms with Gasteiger partial charge in [-0.2, -0.15) is 0 Å². The van der Waals surface area contributed by atoms with Crippen molar-refractivity contribution in [3.63, 3.8) is 0 Å². The van der Waals surface area contributed by atoms with Gasteiger partial charge in [0, 0.05) is 18.9 Å². The normalized spacial score (nSPS) is 14.6. The maximum absolute atomic E-state index is 12.9. The van der Waals surface area contributed by atoms with Crippen molar-refractivity contribution in [2.75, 3.05) is 13.1 Å². The van der Waals surface area contributed by atoms with E-state index in [1.165, 1.54) is 0 Å². The lowest BCUT2D eigenvalue weighted by Gasteiger charge is -2.38.